The van der Waals surface area contributed by atoms with Gasteiger partial charge in [0.2, 0.25) is 0 Å². The number of nitrogens with zero attached hydrogens (tertiary/aromatic N) is 2. The van der Waals surface area contributed by atoms with Crippen molar-refractivity contribution in [2.75, 3.05) is 33.7 Å². The van der Waals surface area contributed by atoms with E-state index in [0.717, 1.165) is 33.8 Å². The fraction of sp³-hybridized carbons (Fsp3) is 0.478. The summed E-state index contributed by atoms with van der Waals surface area (Å²) in [5, 5.41) is 0. The zero-order valence-electron chi connectivity index (χ0n) is 17.3. The van der Waals surface area contributed by atoms with Gasteiger partial charge in [0.05, 0.1) is 10.3 Å². The highest BCUT2D eigenvalue weighted by atomic mass is 32.1. The van der Waals surface area contributed by atoms with Crippen molar-refractivity contribution in [3.63, 3.8) is 0 Å². The molecule has 2 aromatic rings. The van der Waals surface area contributed by atoms with E-state index in [9.17, 15) is 9.59 Å². The number of carbonyl (C=O) groups is 2. The van der Waals surface area contributed by atoms with E-state index in [1.54, 1.807) is 11.3 Å². The normalized spacial score (nSPS) is 21.0. The van der Waals surface area contributed by atoms with E-state index in [1.807, 2.05) is 43.3 Å². The number of benzene rings is 1. The van der Waals surface area contributed by atoms with E-state index in [1.165, 1.54) is 0 Å². The minimum atomic E-state index is -0.405. The van der Waals surface area contributed by atoms with Gasteiger partial charge >= 0.3 is 5.97 Å². The lowest BCUT2D eigenvalue weighted by Crippen LogP contribution is -2.45. The average molecular weight is 413 g/mol. The van der Waals surface area contributed by atoms with E-state index in [0.29, 0.717) is 25.9 Å². The van der Waals surface area contributed by atoms with Crippen LogP contribution in [0.4, 0.5) is 0 Å². The van der Waals surface area contributed by atoms with Crippen LogP contribution in [0.5, 0.6) is 0 Å². The average Bonchev–Trinajstić information content (AvgIpc) is 3.22. The summed E-state index contributed by atoms with van der Waals surface area (Å²) in [4.78, 5) is 31.5. The van der Waals surface area contributed by atoms with Crippen molar-refractivity contribution >= 4 is 23.2 Å². The molecule has 2 aliphatic heterocycles. The molecule has 1 aromatic heterocycles. The zero-order valence-corrected chi connectivity index (χ0v) is 18.1. The monoisotopic (exact) mass is 412 g/mol. The molecule has 1 spiro atoms. The molecule has 0 aliphatic carbocycles. The molecule has 1 unspecified atom stereocenters. The van der Waals surface area contributed by atoms with Crippen molar-refractivity contribution < 1.29 is 14.3 Å². The third kappa shape index (κ3) is 3.96. The summed E-state index contributed by atoms with van der Waals surface area (Å²) in [6.45, 7) is 4.04. The van der Waals surface area contributed by atoms with Crippen molar-refractivity contribution in [2.45, 2.75) is 32.3 Å². The number of esters is 1. The highest BCUT2D eigenvalue weighted by molar-refractivity contribution is 7.17. The third-order valence-electron chi connectivity index (χ3n) is 6.07. The molecule has 1 aromatic carbocycles. The lowest BCUT2D eigenvalue weighted by molar-refractivity contribution is -0.150. The van der Waals surface area contributed by atoms with Gasteiger partial charge in [-0.2, -0.15) is 0 Å². The first kappa shape index (κ1) is 20.1. The summed E-state index contributed by atoms with van der Waals surface area (Å²) in [5.74, 6) is 0.00104. The third-order valence-corrected chi connectivity index (χ3v) is 7.34. The van der Waals surface area contributed by atoms with Gasteiger partial charge in [-0.05, 0) is 51.1 Å². The van der Waals surface area contributed by atoms with Gasteiger partial charge in [0.1, 0.15) is 6.10 Å². The molecule has 1 amide bonds. The maximum Gasteiger partial charge on any atom is 0.312 e. The van der Waals surface area contributed by atoms with Gasteiger partial charge in [-0.3, -0.25) is 9.59 Å². The van der Waals surface area contributed by atoms with Gasteiger partial charge in [0, 0.05) is 30.9 Å². The highest BCUT2D eigenvalue weighted by Gasteiger charge is 2.50. The standard InChI is InChI=1S/C23H28N2O3S/c1-16-13-19(29-20(16)17-7-5-4-6-8-17)21(26)25-11-9-23(10-12-25)14-18(15-24(2)3)28-22(23)27/h4-8,13,18H,9-12,14-15H2,1-3H3. The molecule has 2 fully saturated rings. The first-order valence-corrected chi connectivity index (χ1v) is 11.0. The first-order valence-electron chi connectivity index (χ1n) is 10.2. The molecule has 29 heavy (non-hydrogen) atoms. The van der Waals surface area contributed by atoms with Gasteiger partial charge in [-0.15, -0.1) is 11.3 Å². The van der Waals surface area contributed by atoms with Crippen molar-refractivity contribution in [2.24, 2.45) is 5.41 Å². The molecule has 6 heteroatoms. The van der Waals surface area contributed by atoms with Gasteiger partial charge in [-0.25, -0.2) is 0 Å². The number of cyclic esters (lactones) is 1. The zero-order chi connectivity index (χ0) is 20.6. The lowest BCUT2D eigenvalue weighted by atomic mass is 9.76. The molecule has 5 nitrogen and oxygen atoms in total. The number of rotatable bonds is 4. The Kier molecular flexibility index (Phi) is 5.49. The molecule has 2 aliphatic rings. The second-order valence-electron chi connectivity index (χ2n) is 8.56. The quantitative estimate of drug-likeness (QED) is 0.717. The van der Waals surface area contributed by atoms with Gasteiger partial charge < -0.3 is 14.5 Å². The van der Waals surface area contributed by atoms with E-state index < -0.39 is 5.41 Å². The number of amides is 1. The molecule has 3 heterocycles. The Bertz CT molecular complexity index is 898. The number of likely N-dealkylation sites (tertiary alicyclic amines) is 1. The molecule has 0 saturated carbocycles. The van der Waals surface area contributed by atoms with Crippen molar-refractivity contribution in [3.8, 4) is 10.4 Å². The molecule has 1 atom stereocenters. The van der Waals surface area contributed by atoms with Crippen LogP contribution >= 0.6 is 11.3 Å². The largest absolute Gasteiger partial charge is 0.461 e. The van der Waals surface area contributed by atoms with Crippen molar-refractivity contribution in [1.82, 2.24) is 9.80 Å². The molecular weight excluding hydrogens is 384 g/mol. The Labute approximate surface area is 176 Å². The summed E-state index contributed by atoms with van der Waals surface area (Å²) in [5.41, 5.74) is 1.87. The van der Waals surface area contributed by atoms with Crippen LogP contribution in [0.3, 0.4) is 0 Å². The fourth-order valence-electron chi connectivity index (χ4n) is 4.51. The predicted molar refractivity (Wildman–Crippen MR) is 115 cm³/mol. The van der Waals surface area contributed by atoms with Crippen LogP contribution in [0.25, 0.3) is 10.4 Å². The van der Waals surface area contributed by atoms with Crippen LogP contribution in [-0.4, -0.2) is 61.5 Å². The van der Waals surface area contributed by atoms with E-state index in [4.69, 9.17) is 4.74 Å². The molecular formula is C23H28N2O3S. The number of ether oxygens (including phenoxy) is 1. The number of aryl methyl sites for hydroxylation is 1. The Morgan fingerprint density at radius 3 is 2.59 bits per heavy atom. The molecule has 0 bridgehead atoms. The topological polar surface area (TPSA) is 49.9 Å². The van der Waals surface area contributed by atoms with Crippen LogP contribution in [-0.2, 0) is 9.53 Å². The number of hydrogen-bond acceptors (Lipinski definition) is 5. The van der Waals surface area contributed by atoms with E-state index >= 15 is 0 Å². The fourth-order valence-corrected chi connectivity index (χ4v) is 5.66. The maximum atomic E-state index is 13.1. The Hall–Kier alpha value is -2.18. The molecule has 154 valence electrons. The summed E-state index contributed by atoms with van der Waals surface area (Å²) in [7, 11) is 3.99. The van der Waals surface area contributed by atoms with Gasteiger partial charge in [0.15, 0.2) is 0 Å². The van der Waals surface area contributed by atoms with E-state index in [-0.39, 0.29) is 18.0 Å². The second kappa shape index (κ2) is 7.92. The van der Waals surface area contributed by atoms with Crippen LogP contribution < -0.4 is 0 Å². The van der Waals surface area contributed by atoms with Crippen LogP contribution in [0.15, 0.2) is 36.4 Å². The number of thiophene rings is 1. The first-order chi connectivity index (χ1) is 13.9. The summed E-state index contributed by atoms with van der Waals surface area (Å²) in [6.07, 6.45) is 2.12. The Balaban J connectivity index is 1.43. The number of hydrogen-bond donors (Lipinski definition) is 0. The van der Waals surface area contributed by atoms with Crippen LogP contribution in [0.2, 0.25) is 0 Å². The Morgan fingerprint density at radius 1 is 1.24 bits per heavy atom. The van der Waals surface area contributed by atoms with Gasteiger partial charge in [0.25, 0.3) is 5.91 Å². The van der Waals surface area contributed by atoms with Crippen molar-refractivity contribution in [3.05, 3.63) is 46.8 Å². The Morgan fingerprint density at radius 2 is 1.93 bits per heavy atom. The minimum Gasteiger partial charge on any atom is -0.461 e. The van der Waals surface area contributed by atoms with Gasteiger partial charge in [-0.1, -0.05) is 30.3 Å². The SMILES string of the molecule is Cc1cc(C(=O)N2CCC3(CC2)CC(CN(C)C)OC3=O)sc1-c1ccccc1. The summed E-state index contributed by atoms with van der Waals surface area (Å²) >= 11 is 1.56. The summed E-state index contributed by atoms with van der Waals surface area (Å²) in [6, 6.07) is 12.2. The molecule has 0 radical (unpaired) electrons. The number of likely N-dealkylation sites (N-methyl/N-ethyl adjacent to an activating group) is 1. The minimum absolute atomic E-state index is 0.0341. The van der Waals surface area contributed by atoms with Crippen molar-refractivity contribution in [1.29, 1.82) is 0 Å². The predicted octanol–water partition coefficient (Wildman–Crippen LogP) is 3.82. The highest BCUT2D eigenvalue weighted by Crippen LogP contribution is 2.43. The molecule has 0 N–H and O–H groups in total. The molecule has 4 rings (SSSR count). The number of piperidine rings is 1. The molecule has 2 saturated heterocycles. The lowest BCUT2D eigenvalue weighted by Gasteiger charge is -2.36. The maximum absolute atomic E-state index is 13.1. The summed E-state index contributed by atoms with van der Waals surface area (Å²) < 4.78 is 5.63. The second-order valence-corrected chi connectivity index (χ2v) is 9.61. The smallest absolute Gasteiger partial charge is 0.312 e. The van der Waals surface area contributed by atoms with Crippen LogP contribution in [0, 0.1) is 12.3 Å². The number of carbonyl (C=O) groups excluding carboxylic acids is 2. The van der Waals surface area contributed by atoms with E-state index in [2.05, 4.69) is 24.0 Å². The van der Waals surface area contributed by atoms with Crippen LogP contribution in [0.1, 0.15) is 34.5 Å².